The predicted octanol–water partition coefficient (Wildman–Crippen LogP) is 5.40. The molecule has 2 amide bonds. The first-order valence-electron chi connectivity index (χ1n) is 12.4. The van der Waals surface area contributed by atoms with E-state index in [2.05, 4.69) is 17.4 Å². The molecule has 3 aromatic carbocycles. The molecular formula is C29H33FN2O5. The summed E-state index contributed by atoms with van der Waals surface area (Å²) >= 11 is 0. The van der Waals surface area contributed by atoms with E-state index in [1.54, 1.807) is 48.2 Å². The third kappa shape index (κ3) is 9.57. The van der Waals surface area contributed by atoms with Crippen molar-refractivity contribution >= 4 is 17.7 Å². The first-order chi connectivity index (χ1) is 17.9. The summed E-state index contributed by atoms with van der Waals surface area (Å²) in [6.45, 7) is 3.19. The molecule has 0 fully saturated rings. The zero-order valence-electron chi connectivity index (χ0n) is 20.9. The van der Waals surface area contributed by atoms with Crippen molar-refractivity contribution in [2.75, 3.05) is 31.6 Å². The SMILES string of the molecule is CCOC(Cc1ccc(OCCN(CCCc2ccccc2)C(=O)Nc2cccc(F)c2)cc1)C(=O)O. The van der Waals surface area contributed by atoms with Crippen LogP contribution >= 0.6 is 0 Å². The number of carboxylic acids is 1. The number of rotatable bonds is 14. The number of carboxylic acid groups (broad SMARTS) is 1. The minimum atomic E-state index is -0.994. The Kier molecular flexibility index (Phi) is 10.9. The molecule has 37 heavy (non-hydrogen) atoms. The molecule has 0 spiro atoms. The van der Waals surface area contributed by atoms with E-state index in [1.165, 1.54) is 17.7 Å². The van der Waals surface area contributed by atoms with Crippen LogP contribution in [0, 0.1) is 5.82 Å². The lowest BCUT2D eigenvalue weighted by Gasteiger charge is -2.23. The lowest BCUT2D eigenvalue weighted by Crippen LogP contribution is -2.38. The Hall–Kier alpha value is -3.91. The monoisotopic (exact) mass is 508 g/mol. The molecule has 2 N–H and O–H groups in total. The third-order valence-electron chi connectivity index (χ3n) is 5.72. The van der Waals surface area contributed by atoms with E-state index in [1.807, 2.05) is 18.2 Å². The number of carbonyl (C=O) groups excluding carboxylic acids is 1. The number of hydrogen-bond donors (Lipinski definition) is 2. The highest BCUT2D eigenvalue weighted by Gasteiger charge is 2.18. The minimum absolute atomic E-state index is 0.262. The predicted molar refractivity (Wildman–Crippen MR) is 140 cm³/mol. The van der Waals surface area contributed by atoms with Crippen molar-refractivity contribution < 1.29 is 28.6 Å². The second-order valence-electron chi connectivity index (χ2n) is 8.50. The van der Waals surface area contributed by atoms with Gasteiger partial charge in [-0.2, -0.15) is 0 Å². The van der Waals surface area contributed by atoms with Gasteiger partial charge in [-0.1, -0.05) is 48.5 Å². The summed E-state index contributed by atoms with van der Waals surface area (Å²) in [5.74, 6) is -0.802. The summed E-state index contributed by atoms with van der Waals surface area (Å²) in [5, 5.41) is 12.0. The lowest BCUT2D eigenvalue weighted by atomic mass is 10.1. The first kappa shape index (κ1) is 27.7. The molecule has 0 saturated heterocycles. The summed E-state index contributed by atoms with van der Waals surface area (Å²) in [6, 6.07) is 22.7. The van der Waals surface area contributed by atoms with Crippen LogP contribution in [-0.4, -0.2) is 54.4 Å². The maximum Gasteiger partial charge on any atom is 0.333 e. The van der Waals surface area contributed by atoms with E-state index in [0.717, 1.165) is 18.4 Å². The normalized spacial score (nSPS) is 11.5. The number of amides is 2. The van der Waals surface area contributed by atoms with E-state index in [0.29, 0.717) is 31.1 Å². The summed E-state index contributed by atoms with van der Waals surface area (Å²) in [6.07, 6.45) is 0.961. The molecule has 0 saturated carbocycles. The van der Waals surface area contributed by atoms with Crippen LogP contribution in [-0.2, 0) is 22.4 Å². The number of urea groups is 1. The molecule has 196 valence electrons. The van der Waals surface area contributed by atoms with Crippen molar-refractivity contribution in [3.05, 3.63) is 95.8 Å². The van der Waals surface area contributed by atoms with Gasteiger partial charge in [0.2, 0.25) is 0 Å². The molecular weight excluding hydrogens is 475 g/mol. The van der Waals surface area contributed by atoms with Gasteiger partial charge in [0.1, 0.15) is 18.2 Å². The van der Waals surface area contributed by atoms with Crippen LogP contribution in [0.2, 0.25) is 0 Å². The van der Waals surface area contributed by atoms with Gasteiger partial charge >= 0.3 is 12.0 Å². The van der Waals surface area contributed by atoms with Crippen molar-refractivity contribution in [1.29, 1.82) is 0 Å². The van der Waals surface area contributed by atoms with Gasteiger partial charge in [-0.15, -0.1) is 0 Å². The second kappa shape index (κ2) is 14.6. The van der Waals surface area contributed by atoms with Crippen molar-refractivity contribution in [3.63, 3.8) is 0 Å². The van der Waals surface area contributed by atoms with Gasteiger partial charge in [0, 0.05) is 25.3 Å². The fourth-order valence-electron chi connectivity index (χ4n) is 3.83. The van der Waals surface area contributed by atoms with E-state index in [4.69, 9.17) is 9.47 Å². The Morgan fingerprint density at radius 1 is 0.973 bits per heavy atom. The molecule has 0 bridgehead atoms. The quantitative estimate of drug-likeness (QED) is 0.304. The molecule has 0 aliphatic rings. The van der Waals surface area contributed by atoms with Gasteiger partial charge in [0.15, 0.2) is 6.10 Å². The molecule has 0 aromatic heterocycles. The topological polar surface area (TPSA) is 88.1 Å². The van der Waals surface area contributed by atoms with Crippen LogP contribution in [0.1, 0.15) is 24.5 Å². The number of ether oxygens (including phenoxy) is 2. The standard InChI is InChI=1S/C29H33FN2O5/c1-2-36-27(28(33)34)20-23-13-15-26(16-14-23)37-19-18-32(17-7-10-22-8-4-3-5-9-22)29(35)31-25-12-6-11-24(30)21-25/h3-6,8-9,11-16,21,27H,2,7,10,17-20H2,1H3,(H,31,35)(H,33,34). The maximum absolute atomic E-state index is 13.6. The van der Waals surface area contributed by atoms with Gasteiger partial charge < -0.3 is 24.8 Å². The molecule has 0 aliphatic heterocycles. The van der Waals surface area contributed by atoms with E-state index >= 15 is 0 Å². The fourth-order valence-corrected chi connectivity index (χ4v) is 3.83. The number of hydrogen-bond acceptors (Lipinski definition) is 4. The molecule has 7 nitrogen and oxygen atoms in total. The van der Waals surface area contributed by atoms with Crippen molar-refractivity contribution in [2.24, 2.45) is 0 Å². The first-order valence-corrected chi connectivity index (χ1v) is 12.4. The highest BCUT2D eigenvalue weighted by molar-refractivity contribution is 5.89. The largest absolute Gasteiger partial charge is 0.492 e. The molecule has 1 unspecified atom stereocenters. The van der Waals surface area contributed by atoms with Crippen LogP contribution in [0.25, 0.3) is 0 Å². The smallest absolute Gasteiger partial charge is 0.333 e. The average molecular weight is 509 g/mol. The summed E-state index contributed by atoms with van der Waals surface area (Å²) in [5.41, 5.74) is 2.41. The fraction of sp³-hybridized carbons (Fsp3) is 0.310. The Labute approximate surface area is 216 Å². The Morgan fingerprint density at radius 3 is 2.41 bits per heavy atom. The van der Waals surface area contributed by atoms with Gasteiger partial charge in [-0.25, -0.2) is 14.0 Å². The molecule has 3 aromatic rings. The zero-order valence-corrected chi connectivity index (χ0v) is 20.9. The summed E-state index contributed by atoms with van der Waals surface area (Å²) < 4.78 is 24.7. The number of aryl methyl sites for hydroxylation is 1. The Balaban J connectivity index is 1.55. The number of nitrogens with zero attached hydrogens (tertiary/aromatic N) is 1. The van der Waals surface area contributed by atoms with Crippen molar-refractivity contribution in [1.82, 2.24) is 4.90 Å². The zero-order chi connectivity index (χ0) is 26.5. The number of halogens is 1. The molecule has 0 radical (unpaired) electrons. The molecule has 1 atom stereocenters. The molecule has 0 aliphatic carbocycles. The van der Waals surface area contributed by atoms with Gasteiger partial charge in [-0.05, 0) is 61.2 Å². The second-order valence-corrected chi connectivity index (χ2v) is 8.50. The Bertz CT molecular complexity index is 1120. The molecule has 0 heterocycles. The van der Waals surface area contributed by atoms with Crippen LogP contribution in [0.4, 0.5) is 14.9 Å². The Morgan fingerprint density at radius 2 is 1.73 bits per heavy atom. The average Bonchev–Trinajstić information content (AvgIpc) is 2.89. The van der Waals surface area contributed by atoms with Crippen molar-refractivity contribution in [2.45, 2.75) is 32.3 Å². The highest BCUT2D eigenvalue weighted by atomic mass is 19.1. The third-order valence-corrected chi connectivity index (χ3v) is 5.72. The van der Waals surface area contributed by atoms with E-state index in [-0.39, 0.29) is 19.1 Å². The van der Waals surface area contributed by atoms with E-state index < -0.39 is 17.9 Å². The summed E-state index contributed by atoms with van der Waals surface area (Å²) in [4.78, 5) is 25.9. The molecule has 3 rings (SSSR count). The summed E-state index contributed by atoms with van der Waals surface area (Å²) in [7, 11) is 0. The highest BCUT2D eigenvalue weighted by Crippen LogP contribution is 2.15. The van der Waals surface area contributed by atoms with Crippen LogP contribution in [0.15, 0.2) is 78.9 Å². The van der Waals surface area contributed by atoms with Crippen LogP contribution in [0.5, 0.6) is 5.75 Å². The number of aliphatic carboxylic acids is 1. The van der Waals surface area contributed by atoms with Crippen molar-refractivity contribution in [3.8, 4) is 5.75 Å². The molecule has 8 heteroatoms. The van der Waals surface area contributed by atoms with E-state index in [9.17, 15) is 19.1 Å². The van der Waals surface area contributed by atoms with Crippen LogP contribution in [0.3, 0.4) is 0 Å². The number of benzene rings is 3. The number of anilines is 1. The number of carbonyl (C=O) groups is 2. The van der Waals surface area contributed by atoms with Crippen LogP contribution < -0.4 is 10.1 Å². The maximum atomic E-state index is 13.6. The number of nitrogens with one attached hydrogen (secondary N) is 1. The van der Waals surface area contributed by atoms with Gasteiger partial charge in [-0.3, -0.25) is 0 Å². The van der Waals surface area contributed by atoms with Gasteiger partial charge in [0.05, 0.1) is 6.54 Å². The van der Waals surface area contributed by atoms with Gasteiger partial charge in [0.25, 0.3) is 0 Å². The lowest BCUT2D eigenvalue weighted by molar-refractivity contribution is -0.149. The minimum Gasteiger partial charge on any atom is -0.492 e.